The van der Waals surface area contributed by atoms with E-state index in [9.17, 15) is 4.79 Å². The van der Waals surface area contributed by atoms with Gasteiger partial charge < -0.3 is 10.2 Å². The van der Waals surface area contributed by atoms with E-state index in [1.807, 2.05) is 23.4 Å². The first-order valence-corrected chi connectivity index (χ1v) is 7.89. The molecule has 0 bridgehead atoms. The Hall–Kier alpha value is -1.78. The number of carbonyl (C=O) groups excluding carboxylic acids is 1. The lowest BCUT2D eigenvalue weighted by atomic mass is 9.98. The number of aromatic nitrogens is 2. The van der Waals surface area contributed by atoms with Gasteiger partial charge in [-0.1, -0.05) is 6.08 Å². The van der Waals surface area contributed by atoms with Gasteiger partial charge in [-0.25, -0.2) is 4.79 Å². The Morgan fingerprint density at radius 1 is 1.67 bits per heavy atom. The summed E-state index contributed by atoms with van der Waals surface area (Å²) in [6, 6.07) is 0.397. The molecule has 1 fully saturated rings. The molecular formula is C16H26N4O. The molecule has 1 saturated heterocycles. The molecule has 2 atom stereocenters. The minimum absolute atomic E-state index is 0.0482. The quantitative estimate of drug-likeness (QED) is 0.623. The number of nitrogens with one attached hydrogen (secondary N) is 2. The summed E-state index contributed by atoms with van der Waals surface area (Å²) in [7, 11) is 0. The lowest BCUT2D eigenvalue weighted by Gasteiger charge is -2.36. The first-order valence-electron chi connectivity index (χ1n) is 7.89. The van der Waals surface area contributed by atoms with Gasteiger partial charge in [0.1, 0.15) is 0 Å². The van der Waals surface area contributed by atoms with E-state index in [1.54, 1.807) is 0 Å². The van der Waals surface area contributed by atoms with Crippen LogP contribution >= 0.6 is 0 Å². The SMILES string of the molecule is C=CCCCC(C)NC(=O)N1CCCCC1c1cn[nH]c1. The summed E-state index contributed by atoms with van der Waals surface area (Å²) in [5, 5.41) is 9.98. The predicted octanol–water partition coefficient (Wildman–Crippen LogP) is 3.39. The van der Waals surface area contributed by atoms with Crippen molar-refractivity contribution in [2.24, 2.45) is 0 Å². The van der Waals surface area contributed by atoms with Crippen LogP contribution in [0.5, 0.6) is 0 Å². The van der Waals surface area contributed by atoms with Crippen LogP contribution in [0.3, 0.4) is 0 Å². The van der Waals surface area contributed by atoms with Gasteiger partial charge >= 0.3 is 6.03 Å². The molecule has 0 aliphatic carbocycles. The molecule has 1 aromatic heterocycles. The maximum absolute atomic E-state index is 12.5. The van der Waals surface area contributed by atoms with Crippen molar-refractivity contribution in [3.8, 4) is 0 Å². The second-order valence-electron chi connectivity index (χ2n) is 5.81. The number of piperidine rings is 1. The Labute approximate surface area is 126 Å². The maximum Gasteiger partial charge on any atom is 0.318 e. The second-order valence-corrected chi connectivity index (χ2v) is 5.81. The van der Waals surface area contributed by atoms with Gasteiger partial charge in [-0.15, -0.1) is 6.58 Å². The third-order valence-corrected chi connectivity index (χ3v) is 4.08. The van der Waals surface area contributed by atoms with Crippen LogP contribution in [0.2, 0.25) is 0 Å². The predicted molar refractivity (Wildman–Crippen MR) is 83.9 cm³/mol. The first-order chi connectivity index (χ1) is 10.2. The van der Waals surface area contributed by atoms with Crippen LogP contribution in [-0.4, -0.2) is 33.7 Å². The number of unbranched alkanes of at least 4 members (excludes halogenated alkanes) is 1. The summed E-state index contributed by atoms with van der Waals surface area (Å²) in [4.78, 5) is 14.5. The van der Waals surface area contributed by atoms with Crippen molar-refractivity contribution in [2.75, 3.05) is 6.54 Å². The molecule has 2 unspecified atom stereocenters. The number of amides is 2. The minimum atomic E-state index is 0.0482. The fourth-order valence-electron chi connectivity index (χ4n) is 2.90. The highest BCUT2D eigenvalue weighted by Gasteiger charge is 2.28. The van der Waals surface area contributed by atoms with Crippen molar-refractivity contribution < 1.29 is 4.79 Å². The number of hydrogen-bond acceptors (Lipinski definition) is 2. The highest BCUT2D eigenvalue weighted by molar-refractivity contribution is 5.75. The van der Waals surface area contributed by atoms with E-state index in [2.05, 4.69) is 29.0 Å². The molecule has 1 aromatic rings. The monoisotopic (exact) mass is 290 g/mol. The Kier molecular flexibility index (Phi) is 5.84. The highest BCUT2D eigenvalue weighted by atomic mass is 16.2. The van der Waals surface area contributed by atoms with E-state index < -0.39 is 0 Å². The summed E-state index contributed by atoms with van der Waals surface area (Å²) >= 11 is 0. The Bertz CT molecular complexity index is 443. The van der Waals surface area contributed by atoms with Crippen molar-refractivity contribution in [1.82, 2.24) is 20.4 Å². The Balaban J connectivity index is 1.91. The molecule has 116 valence electrons. The lowest BCUT2D eigenvalue weighted by molar-refractivity contribution is 0.148. The van der Waals surface area contributed by atoms with Gasteiger partial charge in [0.25, 0.3) is 0 Å². The Morgan fingerprint density at radius 2 is 2.52 bits per heavy atom. The molecule has 2 rings (SSSR count). The molecule has 0 spiro atoms. The van der Waals surface area contributed by atoms with Crippen molar-refractivity contribution in [3.63, 3.8) is 0 Å². The third kappa shape index (κ3) is 4.34. The second kappa shape index (κ2) is 7.86. The summed E-state index contributed by atoms with van der Waals surface area (Å²) in [6.07, 6.45) is 11.9. The van der Waals surface area contributed by atoms with Gasteiger partial charge in [-0.2, -0.15) is 5.10 Å². The number of hydrogen-bond donors (Lipinski definition) is 2. The maximum atomic E-state index is 12.5. The normalized spacial score (nSPS) is 20.0. The number of rotatable bonds is 6. The molecule has 2 N–H and O–H groups in total. The molecule has 2 amide bonds. The number of nitrogens with zero attached hydrogens (tertiary/aromatic N) is 2. The molecule has 1 aliphatic rings. The number of aromatic amines is 1. The fourth-order valence-corrected chi connectivity index (χ4v) is 2.90. The molecule has 21 heavy (non-hydrogen) atoms. The molecule has 2 heterocycles. The average molecular weight is 290 g/mol. The highest BCUT2D eigenvalue weighted by Crippen LogP contribution is 2.30. The number of urea groups is 1. The van der Waals surface area contributed by atoms with E-state index in [0.29, 0.717) is 0 Å². The smallest absolute Gasteiger partial charge is 0.318 e. The molecule has 1 aliphatic heterocycles. The first kappa shape index (κ1) is 15.6. The number of likely N-dealkylation sites (tertiary alicyclic amines) is 1. The Morgan fingerprint density at radius 3 is 3.24 bits per heavy atom. The third-order valence-electron chi connectivity index (χ3n) is 4.08. The number of carbonyl (C=O) groups is 1. The van der Waals surface area contributed by atoms with Crippen molar-refractivity contribution in [3.05, 3.63) is 30.6 Å². The van der Waals surface area contributed by atoms with Crippen molar-refractivity contribution in [1.29, 1.82) is 0 Å². The molecule has 0 aromatic carbocycles. The van der Waals surface area contributed by atoms with E-state index in [1.165, 1.54) is 0 Å². The summed E-state index contributed by atoms with van der Waals surface area (Å²) in [6.45, 7) is 6.61. The van der Waals surface area contributed by atoms with Gasteiger partial charge in [-0.05, 0) is 45.4 Å². The van der Waals surface area contributed by atoms with Crippen LogP contribution in [0.15, 0.2) is 25.0 Å². The van der Waals surface area contributed by atoms with Crippen LogP contribution in [0.4, 0.5) is 4.79 Å². The molecular weight excluding hydrogens is 264 g/mol. The molecule has 0 saturated carbocycles. The van der Waals surface area contributed by atoms with Crippen LogP contribution in [0.1, 0.15) is 57.1 Å². The van der Waals surface area contributed by atoms with E-state index in [0.717, 1.165) is 50.6 Å². The van der Waals surface area contributed by atoms with Crippen LogP contribution in [0, 0.1) is 0 Å². The van der Waals surface area contributed by atoms with Gasteiger partial charge in [0, 0.05) is 24.3 Å². The van der Waals surface area contributed by atoms with Gasteiger partial charge in [0.15, 0.2) is 0 Å². The molecule has 0 radical (unpaired) electrons. The van der Waals surface area contributed by atoms with E-state index >= 15 is 0 Å². The molecule has 5 nitrogen and oxygen atoms in total. The summed E-state index contributed by atoms with van der Waals surface area (Å²) in [5.74, 6) is 0. The van der Waals surface area contributed by atoms with Crippen molar-refractivity contribution >= 4 is 6.03 Å². The van der Waals surface area contributed by atoms with Crippen LogP contribution in [-0.2, 0) is 0 Å². The van der Waals surface area contributed by atoms with E-state index in [4.69, 9.17) is 0 Å². The fraction of sp³-hybridized carbons (Fsp3) is 0.625. The summed E-state index contributed by atoms with van der Waals surface area (Å²) < 4.78 is 0. The lowest BCUT2D eigenvalue weighted by Crippen LogP contribution is -2.47. The minimum Gasteiger partial charge on any atom is -0.336 e. The topological polar surface area (TPSA) is 61.0 Å². The zero-order chi connectivity index (χ0) is 15.1. The van der Waals surface area contributed by atoms with E-state index in [-0.39, 0.29) is 18.1 Å². The van der Waals surface area contributed by atoms with Crippen molar-refractivity contribution in [2.45, 2.75) is 57.5 Å². The van der Waals surface area contributed by atoms with Crippen LogP contribution < -0.4 is 5.32 Å². The zero-order valence-electron chi connectivity index (χ0n) is 12.8. The van der Waals surface area contributed by atoms with Gasteiger partial charge in [0.2, 0.25) is 0 Å². The molecule has 5 heteroatoms. The number of allylic oxidation sites excluding steroid dienone is 1. The van der Waals surface area contributed by atoms with Crippen LogP contribution in [0.25, 0.3) is 0 Å². The number of H-pyrrole nitrogens is 1. The largest absolute Gasteiger partial charge is 0.336 e. The summed E-state index contributed by atoms with van der Waals surface area (Å²) in [5.41, 5.74) is 1.10. The standard InChI is InChI=1S/C16H26N4O/c1-3-4-5-8-13(2)19-16(21)20-10-7-6-9-15(20)14-11-17-18-12-14/h3,11-13,15H,1,4-10H2,2H3,(H,17,18)(H,19,21). The van der Waals surface area contributed by atoms with Gasteiger partial charge in [0.05, 0.1) is 12.2 Å². The zero-order valence-corrected chi connectivity index (χ0v) is 12.8. The van der Waals surface area contributed by atoms with Gasteiger partial charge in [-0.3, -0.25) is 5.10 Å². The average Bonchev–Trinajstić information content (AvgIpc) is 3.01.